The minimum atomic E-state index is -4.20. The summed E-state index contributed by atoms with van der Waals surface area (Å²) in [4.78, 5) is 25.1. The van der Waals surface area contributed by atoms with Crippen LogP contribution in [-0.4, -0.2) is 65.4 Å². The van der Waals surface area contributed by atoms with E-state index >= 15 is 4.39 Å². The van der Waals surface area contributed by atoms with Crippen LogP contribution in [0.3, 0.4) is 0 Å². The fourth-order valence-corrected chi connectivity index (χ4v) is 5.24. The summed E-state index contributed by atoms with van der Waals surface area (Å²) in [5.74, 6) is -0.417. The maximum absolute atomic E-state index is 15.4. The van der Waals surface area contributed by atoms with Crippen molar-refractivity contribution in [1.82, 2.24) is 15.3 Å². The van der Waals surface area contributed by atoms with Gasteiger partial charge in [0, 0.05) is 18.3 Å². The van der Waals surface area contributed by atoms with Crippen LogP contribution in [0.15, 0.2) is 54.9 Å². The Balaban J connectivity index is 1.49. The number of allylic oxidation sites excluding steroid dienone is 1. The van der Waals surface area contributed by atoms with E-state index in [0.29, 0.717) is 5.70 Å². The highest BCUT2D eigenvalue weighted by atomic mass is 31.2. The van der Waals surface area contributed by atoms with E-state index in [1.165, 1.54) is 24.4 Å². The lowest BCUT2D eigenvalue weighted by molar-refractivity contribution is -0.139. The van der Waals surface area contributed by atoms with Gasteiger partial charge in [0.25, 0.3) is 0 Å². The fraction of sp³-hybridized carbons (Fsp3) is 0.429. The number of aliphatic hydroxyl groups excluding tert-OH is 1. The first-order chi connectivity index (χ1) is 16.1. The molecule has 1 aromatic carbocycles. The van der Waals surface area contributed by atoms with Crippen molar-refractivity contribution in [2.45, 2.75) is 43.5 Å². The maximum Gasteiger partial charge on any atom is 0.459 e. The molecule has 0 radical (unpaired) electrons. The number of aliphatic hydroxyl groups is 1. The number of ether oxygens (including phenoxy) is 2. The summed E-state index contributed by atoms with van der Waals surface area (Å²) in [6.07, 6.45) is -1.55. The predicted octanol–water partition coefficient (Wildman–Crippen LogP) is 1.96. The summed E-state index contributed by atoms with van der Waals surface area (Å²) in [7, 11) is -4.20. The highest BCUT2D eigenvalue weighted by Gasteiger charge is 2.57. The van der Waals surface area contributed by atoms with Crippen LogP contribution in [0, 0.1) is 0 Å². The molecular weight excluding hydrogens is 472 g/mol. The zero-order valence-electron chi connectivity index (χ0n) is 18.3. The Morgan fingerprint density at radius 3 is 2.76 bits per heavy atom. The van der Waals surface area contributed by atoms with Crippen molar-refractivity contribution >= 4 is 19.7 Å². The first kappa shape index (κ1) is 24.4. The van der Waals surface area contributed by atoms with Crippen LogP contribution >= 0.6 is 7.75 Å². The quantitative estimate of drug-likeness (QED) is 0.364. The van der Waals surface area contributed by atoms with Crippen molar-refractivity contribution in [1.29, 1.82) is 0 Å². The molecule has 3 N–H and O–H groups in total. The molecule has 0 spiro atoms. The Morgan fingerprint density at radius 2 is 2.12 bits per heavy atom. The van der Waals surface area contributed by atoms with Gasteiger partial charge in [-0.15, -0.1) is 0 Å². The van der Waals surface area contributed by atoms with Gasteiger partial charge in [-0.1, -0.05) is 24.8 Å². The molecule has 3 aliphatic heterocycles. The van der Waals surface area contributed by atoms with Crippen molar-refractivity contribution in [2.24, 2.45) is 0 Å². The molecule has 2 fully saturated rings. The van der Waals surface area contributed by atoms with E-state index in [0.717, 1.165) is 11.8 Å². The number of para-hydroxylation sites is 1. The molecule has 4 rings (SSSR count). The van der Waals surface area contributed by atoms with Gasteiger partial charge >= 0.3 is 19.7 Å². The molecule has 34 heavy (non-hydrogen) atoms. The molecule has 1 aromatic rings. The number of nitrogens with zero attached hydrogens (tertiary/aromatic N) is 1. The number of esters is 1. The molecule has 11 nitrogen and oxygen atoms in total. The van der Waals surface area contributed by atoms with Crippen molar-refractivity contribution in [2.75, 3.05) is 13.2 Å². The molecule has 1 unspecified atom stereocenters. The highest BCUT2D eigenvalue weighted by molar-refractivity contribution is 7.52. The molecule has 0 bridgehead atoms. The van der Waals surface area contributed by atoms with E-state index in [2.05, 4.69) is 17.0 Å². The number of rotatable bonds is 8. The third kappa shape index (κ3) is 5.01. The van der Waals surface area contributed by atoms with E-state index in [4.69, 9.17) is 18.5 Å². The number of urea groups is 1. The normalized spacial score (nSPS) is 32.9. The van der Waals surface area contributed by atoms with Gasteiger partial charge in [0.05, 0.1) is 13.2 Å². The highest BCUT2D eigenvalue weighted by Crippen LogP contribution is 2.47. The second kappa shape index (κ2) is 9.47. The number of benzene rings is 1. The van der Waals surface area contributed by atoms with Crippen LogP contribution in [0.25, 0.3) is 0 Å². The molecule has 2 saturated heterocycles. The van der Waals surface area contributed by atoms with Crippen molar-refractivity contribution in [3.8, 4) is 5.75 Å². The summed E-state index contributed by atoms with van der Waals surface area (Å²) in [6, 6.07) is 6.49. The van der Waals surface area contributed by atoms with E-state index in [1.54, 1.807) is 18.2 Å². The molecule has 6 atom stereocenters. The number of cyclic esters (lactones) is 1. The molecular formula is C21H25FN3O8P. The number of alkyl halides is 1. The van der Waals surface area contributed by atoms with Gasteiger partial charge in [0.2, 0.25) is 0 Å². The number of nitrogens with one attached hydrogen (secondary N) is 2. The molecule has 0 aromatic heterocycles. The number of amides is 2. The van der Waals surface area contributed by atoms with Crippen molar-refractivity contribution in [3.05, 3.63) is 54.9 Å². The first-order valence-electron chi connectivity index (χ1n) is 10.5. The third-order valence-electron chi connectivity index (χ3n) is 5.53. The predicted molar refractivity (Wildman–Crippen MR) is 116 cm³/mol. The summed E-state index contributed by atoms with van der Waals surface area (Å²) >= 11 is 0. The average Bonchev–Trinajstić information content (AvgIpc) is 3.28. The number of hydrogen-bond donors (Lipinski definition) is 3. The van der Waals surface area contributed by atoms with Gasteiger partial charge in [-0.2, -0.15) is 5.09 Å². The zero-order valence-corrected chi connectivity index (χ0v) is 19.2. The topological polar surface area (TPSA) is 136 Å². The van der Waals surface area contributed by atoms with Gasteiger partial charge in [0.1, 0.15) is 24.0 Å². The molecule has 0 saturated carbocycles. The van der Waals surface area contributed by atoms with Crippen LogP contribution in [0.5, 0.6) is 5.75 Å². The Labute approximate surface area is 195 Å². The monoisotopic (exact) mass is 497 g/mol. The standard InChI is InChI=1S/C21H25FN3O8P/c1-13-8-10-25(20(28)23-13)19-21(2,22)17(26)16(32-19)12-31-34(29,24-15-9-11-30-18(15)27)33-14-6-4-3-5-7-14/h3-8,10,15-17,19,26H,1,9,11-12H2,2H3,(H,23,28)(H,24,29)/t15-,16+,17+,19+,21+,34?/m0/s1. The number of carbonyl (C=O) groups is 2. The molecule has 2 amide bonds. The molecule has 13 heteroatoms. The number of carbonyl (C=O) groups excluding carboxylic acids is 2. The van der Waals surface area contributed by atoms with Gasteiger partial charge in [-0.25, -0.2) is 13.8 Å². The Kier molecular flexibility index (Phi) is 6.79. The van der Waals surface area contributed by atoms with Crippen LogP contribution in [0.4, 0.5) is 9.18 Å². The minimum Gasteiger partial charge on any atom is -0.464 e. The third-order valence-corrected chi connectivity index (χ3v) is 7.10. The molecule has 3 aliphatic rings. The van der Waals surface area contributed by atoms with Crippen LogP contribution < -0.4 is 14.9 Å². The minimum absolute atomic E-state index is 0.145. The van der Waals surface area contributed by atoms with E-state index < -0.39 is 56.5 Å². The van der Waals surface area contributed by atoms with Gasteiger partial charge < -0.3 is 24.4 Å². The van der Waals surface area contributed by atoms with E-state index in [1.807, 2.05) is 0 Å². The molecule has 184 valence electrons. The van der Waals surface area contributed by atoms with E-state index in [9.17, 15) is 19.3 Å². The van der Waals surface area contributed by atoms with E-state index in [-0.39, 0.29) is 18.8 Å². The zero-order chi connectivity index (χ0) is 24.5. The Hall–Kier alpha value is -2.76. The average molecular weight is 497 g/mol. The van der Waals surface area contributed by atoms with Crippen LogP contribution in [0.2, 0.25) is 0 Å². The SMILES string of the molecule is C=C1C=CN([C@@H]2O[C@H](COP(=O)(N[C@H]3CCOC3=O)Oc3ccccc3)[C@@H](O)[C@@]2(C)F)C(=O)N1. The maximum atomic E-state index is 15.4. The molecule has 0 aliphatic carbocycles. The fourth-order valence-electron chi connectivity index (χ4n) is 3.70. The van der Waals surface area contributed by atoms with Gasteiger partial charge in [-0.3, -0.25) is 14.2 Å². The smallest absolute Gasteiger partial charge is 0.459 e. The summed E-state index contributed by atoms with van der Waals surface area (Å²) in [5, 5.41) is 15.5. The summed E-state index contributed by atoms with van der Waals surface area (Å²) in [6.45, 7) is 4.26. The van der Waals surface area contributed by atoms with Gasteiger partial charge in [0.15, 0.2) is 11.9 Å². The lowest BCUT2D eigenvalue weighted by atomic mass is 9.98. The molecule has 3 heterocycles. The largest absolute Gasteiger partial charge is 0.464 e. The second-order valence-corrected chi connectivity index (χ2v) is 9.83. The summed E-state index contributed by atoms with van der Waals surface area (Å²) in [5.41, 5.74) is -2.07. The van der Waals surface area contributed by atoms with Crippen molar-refractivity contribution < 1.29 is 42.2 Å². The Morgan fingerprint density at radius 1 is 1.38 bits per heavy atom. The lowest BCUT2D eigenvalue weighted by Gasteiger charge is -2.33. The first-order valence-corrected chi connectivity index (χ1v) is 12.1. The van der Waals surface area contributed by atoms with Gasteiger partial charge in [-0.05, 0) is 25.1 Å². The number of hydrogen-bond acceptors (Lipinski definition) is 8. The van der Waals surface area contributed by atoms with Crippen LogP contribution in [0.1, 0.15) is 13.3 Å². The summed E-state index contributed by atoms with van der Waals surface area (Å²) < 4.78 is 50.4. The second-order valence-electron chi connectivity index (χ2n) is 8.14. The van der Waals surface area contributed by atoms with Crippen molar-refractivity contribution in [3.63, 3.8) is 0 Å². The lowest BCUT2D eigenvalue weighted by Crippen LogP contribution is -2.53. The van der Waals surface area contributed by atoms with Crippen LogP contribution in [-0.2, 0) is 23.4 Å². The Bertz CT molecular complexity index is 1040. The number of halogens is 1.